The lowest BCUT2D eigenvalue weighted by atomic mass is 10.1. The molecule has 51 heavy (non-hydrogen) atoms. The van der Waals surface area contributed by atoms with E-state index in [4.69, 9.17) is 57.4 Å². The van der Waals surface area contributed by atoms with E-state index in [0.717, 1.165) is 12.8 Å². The Morgan fingerprint density at radius 1 is 0.608 bits per heavy atom. The van der Waals surface area contributed by atoms with Gasteiger partial charge in [0.15, 0.2) is 12.6 Å². The summed E-state index contributed by atoms with van der Waals surface area (Å²) >= 11 is 0. The predicted molar refractivity (Wildman–Crippen MR) is 171 cm³/mol. The van der Waals surface area contributed by atoms with Crippen LogP contribution in [0.2, 0.25) is 0 Å². The van der Waals surface area contributed by atoms with Gasteiger partial charge in [0.05, 0.1) is 46.2 Å². The van der Waals surface area contributed by atoms with Gasteiger partial charge in [-0.05, 0) is 25.8 Å². The number of unbranched alkanes of at least 4 members (excludes halogenated alkanes) is 2. The van der Waals surface area contributed by atoms with Crippen LogP contribution in [0.1, 0.15) is 19.3 Å². The number of rotatable bonds is 28. The molecule has 22 nitrogen and oxygen atoms in total. The fourth-order valence-corrected chi connectivity index (χ4v) is 6.59. The number of nitrogens with two attached hydrogens (primary N) is 1. The normalized spacial score (nSPS) is 31.6. The minimum Gasteiger partial charge on any atom is -0.394 e. The van der Waals surface area contributed by atoms with Crippen LogP contribution in [0.4, 0.5) is 0 Å². The predicted octanol–water partition coefficient (Wildman–Crippen LogP) is -4.99. The Kier molecular flexibility index (Phi) is 23.3. The van der Waals surface area contributed by atoms with Gasteiger partial charge in [-0.15, -0.1) is 0 Å². The summed E-state index contributed by atoms with van der Waals surface area (Å²) in [6, 6.07) is 0. The van der Waals surface area contributed by atoms with E-state index in [1.54, 1.807) is 0 Å². The molecule has 0 spiro atoms. The second-order valence-corrected chi connectivity index (χ2v) is 13.4. The van der Waals surface area contributed by atoms with Crippen molar-refractivity contribution in [1.82, 2.24) is 0 Å². The minimum absolute atomic E-state index is 0.220. The van der Waals surface area contributed by atoms with Crippen molar-refractivity contribution in [2.45, 2.75) is 105 Å². The Morgan fingerprint density at radius 2 is 1.06 bits per heavy atom. The Bertz CT molecular complexity index is 910. The highest BCUT2D eigenvalue weighted by Crippen LogP contribution is 2.42. The van der Waals surface area contributed by atoms with Gasteiger partial charge < -0.3 is 108 Å². The first-order chi connectivity index (χ1) is 24.4. The van der Waals surface area contributed by atoms with Crippen LogP contribution in [0.15, 0.2) is 0 Å². The van der Waals surface area contributed by atoms with Crippen LogP contribution in [0, 0.1) is 0 Å². The summed E-state index contributed by atoms with van der Waals surface area (Å²) in [6.07, 6.45) is -17.1. The Balaban J connectivity index is 1.84. The van der Waals surface area contributed by atoms with Crippen LogP contribution < -0.4 is 5.73 Å². The van der Waals surface area contributed by atoms with E-state index in [1.807, 2.05) is 0 Å². The number of methoxy groups -OCH3 is 2. The average molecular weight is 792 g/mol. The largest absolute Gasteiger partial charge is 0.394 e. The smallest absolute Gasteiger partial charge is 0.330 e. The van der Waals surface area contributed by atoms with Gasteiger partial charge in [-0.3, -0.25) is 0 Å². The average Bonchev–Trinajstić information content (AvgIpc) is 3.65. The maximum atomic E-state index is 10.5. The van der Waals surface area contributed by atoms with Gasteiger partial charge in [0, 0.05) is 14.2 Å². The summed E-state index contributed by atoms with van der Waals surface area (Å²) in [5.41, 5.74) is 5.45. The van der Waals surface area contributed by atoms with Crippen molar-refractivity contribution in [3.63, 3.8) is 0 Å². The third kappa shape index (κ3) is 14.9. The van der Waals surface area contributed by atoms with Crippen LogP contribution in [-0.2, 0) is 46.5 Å². The van der Waals surface area contributed by atoms with E-state index in [0.29, 0.717) is 13.0 Å². The summed E-state index contributed by atoms with van der Waals surface area (Å²) in [5, 5.41) is 89.1. The zero-order valence-corrected chi connectivity index (χ0v) is 30.1. The minimum atomic E-state index is -2.81. The molecule has 2 aliphatic heterocycles. The second kappa shape index (κ2) is 25.2. The molecule has 13 N–H and O–H groups in total. The van der Waals surface area contributed by atoms with E-state index >= 15 is 0 Å². The van der Waals surface area contributed by atoms with Crippen molar-refractivity contribution in [2.24, 2.45) is 5.73 Å². The lowest BCUT2D eigenvalue weighted by Gasteiger charge is -2.27. The molecule has 24 heteroatoms. The van der Waals surface area contributed by atoms with Crippen molar-refractivity contribution in [2.75, 3.05) is 67.0 Å². The summed E-state index contributed by atoms with van der Waals surface area (Å²) in [6.45, 7) is -3.17. The van der Waals surface area contributed by atoms with Gasteiger partial charge in [0.1, 0.15) is 73.2 Å². The van der Waals surface area contributed by atoms with Gasteiger partial charge in [0.25, 0.3) is 0 Å². The Labute approximate surface area is 297 Å². The molecular formula is C27H55NO21P2. The number of hydrogen-bond donors (Lipinski definition) is 12. The molecule has 0 radical (unpaired) electrons. The van der Waals surface area contributed by atoms with Gasteiger partial charge >= 0.3 is 17.2 Å². The number of ether oxygens (including phenoxy) is 6. The molecule has 0 aliphatic carbocycles. The topological polar surface area (TPSA) is 341 Å². The zero-order valence-electron chi connectivity index (χ0n) is 28.3. The van der Waals surface area contributed by atoms with Crippen molar-refractivity contribution in [1.29, 1.82) is 0 Å². The van der Waals surface area contributed by atoms with Crippen LogP contribution in [-0.4, -0.2) is 209 Å². The summed E-state index contributed by atoms with van der Waals surface area (Å²) < 4.78 is 54.1. The summed E-state index contributed by atoms with van der Waals surface area (Å²) in [7, 11) is -2.63. The van der Waals surface area contributed by atoms with Gasteiger partial charge in [-0.1, -0.05) is 0 Å². The highest BCUT2D eigenvalue weighted by molar-refractivity contribution is 7.40. The standard InChI is InChI=1S/C27H55NO21P2/c1-40-24-22(48-50(38)44-7-5-3-4-6-28)18(9-30)46-26(24)43-12-16(34)21(37)17(35)13-45-51(39)49-23-19(10-31)47-27(25(23)41-2)42-11-15(33)20(36)14(32)8-29/h14-27,29-39H,3-13,28H2,1-2H3. The van der Waals surface area contributed by atoms with Crippen LogP contribution in [0.5, 0.6) is 0 Å². The first kappa shape index (κ1) is 47.1. The SMILES string of the molecule is COC1C(OCC(O)C(O)C(O)COP(O)OC2C(CO)OC(OCC(O)C(O)C(O)CO)C2OC)OC(CO)C1OP(O)OCCCCCN. The van der Waals surface area contributed by atoms with Crippen LogP contribution in [0.25, 0.3) is 0 Å². The van der Waals surface area contributed by atoms with E-state index in [1.165, 1.54) is 14.2 Å². The Hall–Kier alpha value is -0.0200. The van der Waals surface area contributed by atoms with Crippen molar-refractivity contribution >= 4 is 17.2 Å². The molecule has 0 aromatic rings. The first-order valence-corrected chi connectivity index (χ1v) is 18.4. The van der Waals surface area contributed by atoms with Crippen LogP contribution >= 0.6 is 17.2 Å². The maximum absolute atomic E-state index is 10.5. The first-order valence-electron chi connectivity index (χ1n) is 16.1. The molecule has 2 rings (SSSR count). The highest BCUT2D eigenvalue weighted by atomic mass is 31.2. The molecule has 16 atom stereocenters. The fourth-order valence-electron chi connectivity index (χ4n) is 4.97. The van der Waals surface area contributed by atoms with E-state index < -0.39 is 143 Å². The fraction of sp³-hybridized carbons (Fsp3) is 1.00. The highest BCUT2D eigenvalue weighted by Gasteiger charge is 2.49. The molecule has 0 saturated carbocycles. The molecule has 2 saturated heterocycles. The number of hydrogen-bond acceptors (Lipinski definition) is 22. The van der Waals surface area contributed by atoms with Gasteiger partial charge in [0.2, 0.25) is 0 Å². The zero-order chi connectivity index (χ0) is 38.1. The molecule has 16 unspecified atom stereocenters. The van der Waals surface area contributed by atoms with Gasteiger partial charge in [-0.2, -0.15) is 0 Å². The third-order valence-corrected chi connectivity index (χ3v) is 9.52. The number of aliphatic hydroxyl groups excluding tert-OH is 9. The lowest BCUT2D eigenvalue weighted by molar-refractivity contribution is -0.198. The summed E-state index contributed by atoms with van der Waals surface area (Å²) in [5.74, 6) is 0. The van der Waals surface area contributed by atoms with E-state index in [9.17, 15) is 50.6 Å². The van der Waals surface area contributed by atoms with Crippen molar-refractivity contribution < 1.29 is 102 Å². The molecule has 0 aromatic heterocycles. The molecule has 2 fully saturated rings. The van der Waals surface area contributed by atoms with Crippen molar-refractivity contribution in [3.8, 4) is 0 Å². The monoisotopic (exact) mass is 791 g/mol. The quantitative estimate of drug-likeness (QED) is 0.0261. The number of aliphatic hydroxyl groups is 9. The molecule has 2 heterocycles. The second-order valence-electron chi connectivity index (χ2n) is 11.5. The molecular weight excluding hydrogens is 736 g/mol. The van der Waals surface area contributed by atoms with E-state index in [-0.39, 0.29) is 6.61 Å². The third-order valence-electron chi connectivity index (χ3n) is 7.90. The van der Waals surface area contributed by atoms with Crippen molar-refractivity contribution in [3.05, 3.63) is 0 Å². The lowest BCUT2D eigenvalue weighted by Crippen LogP contribution is -2.44. The molecule has 0 aromatic carbocycles. The molecule has 0 amide bonds. The molecule has 2 aliphatic rings. The maximum Gasteiger partial charge on any atom is 0.330 e. The summed E-state index contributed by atoms with van der Waals surface area (Å²) in [4.78, 5) is 20.6. The molecule has 0 bridgehead atoms. The molecule has 304 valence electrons. The van der Waals surface area contributed by atoms with Crippen LogP contribution in [0.3, 0.4) is 0 Å². The van der Waals surface area contributed by atoms with E-state index in [2.05, 4.69) is 0 Å². The Morgan fingerprint density at radius 3 is 1.49 bits per heavy atom. The van der Waals surface area contributed by atoms with Gasteiger partial charge in [-0.25, -0.2) is 0 Å².